The number of nitrogens with zero attached hydrogens (tertiary/aromatic N) is 2. The summed E-state index contributed by atoms with van der Waals surface area (Å²) < 4.78 is 27.7. The van der Waals surface area contributed by atoms with Crippen molar-refractivity contribution in [2.45, 2.75) is 77.8 Å². The molecule has 0 radical (unpaired) electrons. The molecule has 0 bridgehead atoms. The highest BCUT2D eigenvalue weighted by Gasteiger charge is 2.53. The molecule has 0 aliphatic carbocycles. The molecule has 1 aromatic heterocycles. The normalized spacial score (nSPS) is 21.1. The first-order valence-electron chi connectivity index (χ1n) is 13.5. The Labute approximate surface area is 231 Å². The van der Waals surface area contributed by atoms with E-state index in [9.17, 15) is 5.26 Å². The van der Waals surface area contributed by atoms with Gasteiger partial charge in [-0.2, -0.15) is 5.26 Å². The Morgan fingerprint density at radius 1 is 0.615 bits per heavy atom. The van der Waals surface area contributed by atoms with E-state index in [1.807, 2.05) is 24.3 Å². The second-order valence-corrected chi connectivity index (χ2v) is 12.7. The first-order valence-corrected chi connectivity index (χ1v) is 13.5. The number of benzene rings is 3. The van der Waals surface area contributed by atoms with Crippen LogP contribution in [-0.4, -0.2) is 41.2 Å². The van der Waals surface area contributed by atoms with Gasteiger partial charge in [0.15, 0.2) is 0 Å². The third kappa shape index (κ3) is 4.03. The maximum absolute atomic E-state index is 9.56. The highest BCUT2D eigenvalue weighted by Crippen LogP contribution is 2.39. The Hall–Kier alpha value is -3.08. The lowest BCUT2D eigenvalue weighted by Gasteiger charge is -2.32. The monoisotopic (exact) mass is 520 g/mol. The van der Waals surface area contributed by atoms with E-state index in [1.165, 1.54) is 0 Å². The predicted molar refractivity (Wildman–Crippen MR) is 157 cm³/mol. The quantitative estimate of drug-likeness (QED) is 0.346. The molecule has 2 aliphatic heterocycles. The fraction of sp³-hybridized carbons (Fsp3) is 0.387. The number of nitriles is 1. The summed E-state index contributed by atoms with van der Waals surface area (Å²) in [5, 5.41) is 11.7. The zero-order valence-corrected chi connectivity index (χ0v) is 24.0. The van der Waals surface area contributed by atoms with E-state index in [1.54, 1.807) is 0 Å². The summed E-state index contributed by atoms with van der Waals surface area (Å²) in [6, 6.07) is 22.7. The van der Waals surface area contributed by atoms with E-state index in [2.05, 4.69) is 102 Å². The number of fused-ring (bicyclic) bond motifs is 3. The van der Waals surface area contributed by atoms with E-state index in [0.29, 0.717) is 5.56 Å². The molecule has 0 amide bonds. The SMILES string of the molecule is CC1(C)OB(c2ccc3c(c2)c2cc(B4OC(C)(C)C(C)(C)O4)ccc2n3-c2cccc(C#N)c2)OC1(C)C. The smallest absolute Gasteiger partial charge is 0.399 e. The van der Waals surface area contributed by atoms with Crippen LogP contribution < -0.4 is 10.9 Å². The standard InChI is InChI=1S/C31H34B2N2O4/c1-28(2)29(3,4)37-32(36-28)21-12-14-26-24(17-21)25-18-22(33-38-30(5,6)31(7,8)39-33)13-15-27(25)35(26)23-11-9-10-20(16-23)19-34/h9-18H,1-8H3. The van der Waals surface area contributed by atoms with Crippen molar-refractivity contribution in [3.05, 3.63) is 66.2 Å². The molecule has 6 rings (SSSR count). The van der Waals surface area contributed by atoms with Gasteiger partial charge >= 0.3 is 14.2 Å². The minimum Gasteiger partial charge on any atom is -0.399 e. The Bertz CT molecular complexity index is 1540. The molecule has 2 aliphatic rings. The molecule has 39 heavy (non-hydrogen) atoms. The fourth-order valence-corrected chi connectivity index (χ4v) is 5.30. The van der Waals surface area contributed by atoms with Crippen molar-refractivity contribution in [1.29, 1.82) is 5.26 Å². The fourth-order valence-electron chi connectivity index (χ4n) is 5.30. The predicted octanol–water partition coefficient (Wildman–Crippen LogP) is 5.25. The van der Waals surface area contributed by atoms with Gasteiger partial charge in [-0.05, 0) is 96.6 Å². The minimum atomic E-state index is -0.467. The second-order valence-electron chi connectivity index (χ2n) is 12.7. The molecule has 0 spiro atoms. The summed E-state index contributed by atoms with van der Waals surface area (Å²) in [7, 11) is -0.933. The van der Waals surface area contributed by atoms with Crippen LogP contribution in [0.2, 0.25) is 0 Å². The van der Waals surface area contributed by atoms with Gasteiger partial charge in [-0.1, -0.05) is 30.3 Å². The van der Waals surface area contributed by atoms with Gasteiger partial charge in [0.05, 0.1) is 45.1 Å². The summed E-state index contributed by atoms with van der Waals surface area (Å²) in [6.07, 6.45) is 0. The van der Waals surface area contributed by atoms with Gasteiger partial charge in [0.2, 0.25) is 0 Å². The molecule has 8 heteroatoms. The maximum Gasteiger partial charge on any atom is 0.494 e. The molecule has 3 aromatic carbocycles. The number of hydrogen-bond acceptors (Lipinski definition) is 5. The van der Waals surface area contributed by atoms with Crippen LogP contribution in [0.5, 0.6) is 0 Å². The largest absolute Gasteiger partial charge is 0.494 e. The summed E-state index contributed by atoms with van der Waals surface area (Å²) in [4.78, 5) is 0. The topological polar surface area (TPSA) is 65.6 Å². The van der Waals surface area contributed by atoms with Crippen molar-refractivity contribution in [2.75, 3.05) is 0 Å². The van der Waals surface area contributed by atoms with Crippen LogP contribution in [0.3, 0.4) is 0 Å². The molecule has 6 nitrogen and oxygen atoms in total. The van der Waals surface area contributed by atoms with Crippen LogP contribution in [0.15, 0.2) is 60.7 Å². The highest BCUT2D eigenvalue weighted by atomic mass is 16.7. The van der Waals surface area contributed by atoms with Crippen molar-refractivity contribution in [3.8, 4) is 11.8 Å². The van der Waals surface area contributed by atoms with Crippen LogP contribution in [0.4, 0.5) is 0 Å². The molecule has 3 heterocycles. The Balaban J connectivity index is 1.54. The summed E-state index contributed by atoms with van der Waals surface area (Å²) in [5.41, 5.74) is 3.83. The Morgan fingerprint density at radius 2 is 1.05 bits per heavy atom. The summed E-state index contributed by atoms with van der Waals surface area (Å²) in [5.74, 6) is 0. The average molecular weight is 520 g/mol. The van der Waals surface area contributed by atoms with E-state index < -0.39 is 36.6 Å². The minimum absolute atomic E-state index is 0.428. The van der Waals surface area contributed by atoms with Crippen LogP contribution in [-0.2, 0) is 18.6 Å². The Morgan fingerprint density at radius 3 is 1.46 bits per heavy atom. The lowest BCUT2D eigenvalue weighted by Crippen LogP contribution is -2.41. The van der Waals surface area contributed by atoms with Crippen molar-refractivity contribution in [1.82, 2.24) is 4.57 Å². The summed E-state index contributed by atoms with van der Waals surface area (Å²) in [6.45, 7) is 16.5. The number of hydrogen-bond donors (Lipinski definition) is 0. The molecule has 0 unspecified atom stereocenters. The average Bonchev–Trinajstić information content (AvgIpc) is 3.40. The molecule has 198 valence electrons. The number of rotatable bonds is 3. The number of aromatic nitrogens is 1. The molecular weight excluding hydrogens is 486 g/mol. The van der Waals surface area contributed by atoms with Crippen LogP contribution in [0.1, 0.15) is 61.0 Å². The molecule has 0 N–H and O–H groups in total. The van der Waals surface area contributed by atoms with E-state index >= 15 is 0 Å². The molecule has 4 aromatic rings. The van der Waals surface area contributed by atoms with E-state index in [-0.39, 0.29) is 0 Å². The Kier molecular flexibility index (Phi) is 5.67. The highest BCUT2D eigenvalue weighted by molar-refractivity contribution is 6.63. The van der Waals surface area contributed by atoms with Gasteiger partial charge in [-0.15, -0.1) is 0 Å². The van der Waals surface area contributed by atoms with Crippen LogP contribution in [0.25, 0.3) is 27.5 Å². The van der Waals surface area contributed by atoms with Crippen molar-refractivity contribution >= 4 is 47.0 Å². The van der Waals surface area contributed by atoms with Crippen molar-refractivity contribution in [2.24, 2.45) is 0 Å². The van der Waals surface area contributed by atoms with Crippen LogP contribution in [0, 0.1) is 11.3 Å². The lowest BCUT2D eigenvalue weighted by atomic mass is 9.77. The van der Waals surface area contributed by atoms with Crippen molar-refractivity contribution < 1.29 is 18.6 Å². The first-order chi connectivity index (χ1) is 18.2. The van der Waals surface area contributed by atoms with E-state index in [0.717, 1.165) is 38.4 Å². The zero-order chi connectivity index (χ0) is 28.0. The van der Waals surface area contributed by atoms with Crippen LogP contribution >= 0.6 is 0 Å². The molecule has 0 atom stereocenters. The molecule has 0 saturated carbocycles. The van der Waals surface area contributed by atoms with Gasteiger partial charge in [-0.25, -0.2) is 0 Å². The third-order valence-electron chi connectivity index (χ3n) is 9.10. The maximum atomic E-state index is 9.56. The lowest BCUT2D eigenvalue weighted by molar-refractivity contribution is 0.00578. The molecular formula is C31H34B2N2O4. The van der Waals surface area contributed by atoms with Gasteiger partial charge in [0.1, 0.15) is 0 Å². The zero-order valence-electron chi connectivity index (χ0n) is 24.0. The van der Waals surface area contributed by atoms with Gasteiger partial charge in [0.25, 0.3) is 0 Å². The third-order valence-corrected chi connectivity index (χ3v) is 9.10. The van der Waals surface area contributed by atoms with Gasteiger partial charge < -0.3 is 23.2 Å². The van der Waals surface area contributed by atoms with Gasteiger partial charge in [-0.3, -0.25) is 0 Å². The molecule has 2 saturated heterocycles. The molecule has 2 fully saturated rings. The summed E-state index contributed by atoms with van der Waals surface area (Å²) >= 11 is 0. The first kappa shape index (κ1) is 26.2. The van der Waals surface area contributed by atoms with E-state index in [4.69, 9.17) is 18.6 Å². The second kappa shape index (κ2) is 8.46. The van der Waals surface area contributed by atoms with Gasteiger partial charge in [0, 0.05) is 16.5 Å². The van der Waals surface area contributed by atoms with Crippen molar-refractivity contribution in [3.63, 3.8) is 0 Å².